The molecule has 2 aromatic heterocycles. The number of nitrogens with one attached hydrogen (secondary N) is 1. The summed E-state index contributed by atoms with van der Waals surface area (Å²) >= 11 is 9.04. The van der Waals surface area contributed by atoms with Gasteiger partial charge in [0, 0.05) is 27.1 Å². The standard InChI is InChI=1S/C27H18ClN3O2S2/c28-19-11-12-22(20(13-19)25(33)18-9-5-2-6-10-18)31-23(32)15-35-27-24-21(17-7-3-1-4-8-17)14-34-26(24)29-16-30-27/h1-14,16H,15H2,(H,31,32). The number of anilines is 1. The predicted octanol–water partition coefficient (Wildman–Crippen LogP) is 6.97. The lowest BCUT2D eigenvalue weighted by atomic mass is 10.0. The molecule has 0 unspecified atom stereocenters. The van der Waals surface area contributed by atoms with Crippen molar-refractivity contribution in [1.82, 2.24) is 9.97 Å². The third-order valence-corrected chi connectivity index (χ3v) is 7.41. The number of fused-ring (bicyclic) bond motifs is 1. The van der Waals surface area contributed by atoms with Crippen LogP contribution in [0.1, 0.15) is 15.9 Å². The van der Waals surface area contributed by atoms with E-state index >= 15 is 0 Å². The molecule has 0 saturated heterocycles. The Kier molecular flexibility index (Phi) is 6.90. The maximum Gasteiger partial charge on any atom is 0.234 e. The summed E-state index contributed by atoms with van der Waals surface area (Å²) in [5.41, 5.74) is 3.40. The molecule has 5 nitrogen and oxygen atoms in total. The van der Waals surface area contributed by atoms with Crippen molar-refractivity contribution < 1.29 is 9.59 Å². The first-order valence-corrected chi connectivity index (χ1v) is 12.9. The van der Waals surface area contributed by atoms with E-state index in [-0.39, 0.29) is 17.4 Å². The number of amides is 1. The van der Waals surface area contributed by atoms with Crippen LogP contribution in [0.4, 0.5) is 5.69 Å². The quantitative estimate of drug-likeness (QED) is 0.144. The largest absolute Gasteiger partial charge is 0.325 e. The van der Waals surface area contributed by atoms with Crippen molar-refractivity contribution in [2.45, 2.75) is 5.03 Å². The Morgan fingerprint density at radius 3 is 2.46 bits per heavy atom. The van der Waals surface area contributed by atoms with Gasteiger partial charge in [-0.05, 0) is 23.8 Å². The molecule has 0 saturated carbocycles. The average molecular weight is 516 g/mol. The van der Waals surface area contributed by atoms with Crippen molar-refractivity contribution in [2.24, 2.45) is 0 Å². The maximum atomic E-state index is 13.0. The molecular weight excluding hydrogens is 498 g/mol. The smallest absolute Gasteiger partial charge is 0.234 e. The Bertz CT molecular complexity index is 1520. The van der Waals surface area contributed by atoms with Gasteiger partial charge in [0.25, 0.3) is 0 Å². The second-order valence-electron chi connectivity index (χ2n) is 7.60. The second-order valence-corrected chi connectivity index (χ2v) is 9.85. The minimum Gasteiger partial charge on any atom is -0.325 e. The van der Waals surface area contributed by atoms with Gasteiger partial charge in [-0.1, -0.05) is 84.0 Å². The van der Waals surface area contributed by atoms with Gasteiger partial charge in [-0.25, -0.2) is 9.97 Å². The number of benzene rings is 3. The molecule has 0 atom stereocenters. The predicted molar refractivity (Wildman–Crippen MR) is 144 cm³/mol. The summed E-state index contributed by atoms with van der Waals surface area (Å²) < 4.78 is 0. The zero-order chi connectivity index (χ0) is 24.2. The number of thioether (sulfide) groups is 1. The van der Waals surface area contributed by atoms with Gasteiger partial charge in [0.1, 0.15) is 16.2 Å². The summed E-state index contributed by atoms with van der Waals surface area (Å²) in [6.07, 6.45) is 1.52. The van der Waals surface area contributed by atoms with Gasteiger partial charge in [-0.2, -0.15) is 0 Å². The normalized spacial score (nSPS) is 10.9. The Balaban J connectivity index is 1.36. The number of halogens is 1. The van der Waals surface area contributed by atoms with Gasteiger partial charge in [0.2, 0.25) is 5.91 Å². The summed E-state index contributed by atoms with van der Waals surface area (Å²) in [6.45, 7) is 0. The molecule has 1 amide bonds. The molecule has 0 aliphatic heterocycles. The van der Waals surface area contributed by atoms with Crippen LogP contribution in [0.5, 0.6) is 0 Å². The van der Waals surface area contributed by atoms with Gasteiger partial charge in [-0.15, -0.1) is 11.3 Å². The van der Waals surface area contributed by atoms with Crippen molar-refractivity contribution in [3.8, 4) is 11.1 Å². The molecular formula is C27H18ClN3O2S2. The Morgan fingerprint density at radius 1 is 0.943 bits per heavy atom. The number of carbonyl (C=O) groups excluding carboxylic acids is 2. The molecule has 0 radical (unpaired) electrons. The highest BCUT2D eigenvalue weighted by atomic mass is 35.5. The first kappa shape index (κ1) is 23.2. The molecule has 0 bridgehead atoms. The highest BCUT2D eigenvalue weighted by molar-refractivity contribution is 8.00. The number of hydrogen-bond acceptors (Lipinski definition) is 6. The summed E-state index contributed by atoms with van der Waals surface area (Å²) in [5, 5.41) is 7.03. The van der Waals surface area contributed by atoms with Crippen LogP contribution in [0, 0.1) is 0 Å². The number of carbonyl (C=O) groups is 2. The lowest BCUT2D eigenvalue weighted by Crippen LogP contribution is -2.17. The van der Waals surface area contributed by atoms with Crippen LogP contribution in [-0.2, 0) is 4.79 Å². The fraction of sp³-hybridized carbons (Fsp3) is 0.0370. The van der Waals surface area contributed by atoms with Gasteiger partial charge in [0.05, 0.1) is 16.8 Å². The van der Waals surface area contributed by atoms with Crippen LogP contribution >= 0.6 is 34.7 Å². The molecule has 8 heteroatoms. The van der Waals surface area contributed by atoms with E-state index in [1.807, 2.05) is 36.4 Å². The van der Waals surface area contributed by atoms with E-state index in [1.54, 1.807) is 53.8 Å². The summed E-state index contributed by atoms with van der Waals surface area (Å²) in [4.78, 5) is 35.6. The van der Waals surface area contributed by atoms with Gasteiger partial charge in [-0.3, -0.25) is 9.59 Å². The lowest BCUT2D eigenvalue weighted by molar-refractivity contribution is -0.113. The number of nitrogens with zero attached hydrogens (tertiary/aromatic N) is 2. The van der Waals surface area contributed by atoms with Crippen molar-refractivity contribution in [3.05, 3.63) is 107 Å². The van der Waals surface area contributed by atoms with Gasteiger partial charge in [0.15, 0.2) is 5.78 Å². The number of thiophene rings is 1. The molecule has 5 aromatic rings. The molecule has 35 heavy (non-hydrogen) atoms. The van der Waals surface area contributed by atoms with E-state index in [0.717, 1.165) is 26.4 Å². The number of rotatable bonds is 7. The molecule has 0 aliphatic rings. The highest BCUT2D eigenvalue weighted by Gasteiger charge is 2.18. The highest BCUT2D eigenvalue weighted by Crippen LogP contribution is 2.37. The van der Waals surface area contributed by atoms with Crippen molar-refractivity contribution in [3.63, 3.8) is 0 Å². The van der Waals surface area contributed by atoms with E-state index in [4.69, 9.17) is 11.6 Å². The molecule has 3 aromatic carbocycles. The SMILES string of the molecule is O=C(CSc1ncnc2scc(-c3ccccc3)c12)Nc1ccc(Cl)cc1C(=O)c1ccccc1. The fourth-order valence-corrected chi connectivity index (χ4v) is 5.63. The zero-order valence-corrected chi connectivity index (χ0v) is 20.7. The van der Waals surface area contributed by atoms with Gasteiger partial charge >= 0.3 is 0 Å². The van der Waals surface area contributed by atoms with Crippen LogP contribution in [0.15, 0.2) is 95.6 Å². The Hall–Kier alpha value is -3.52. The molecule has 0 fully saturated rings. The average Bonchev–Trinajstić information content (AvgIpc) is 3.34. The number of hydrogen-bond donors (Lipinski definition) is 1. The molecule has 0 aliphatic carbocycles. The molecule has 0 spiro atoms. The zero-order valence-electron chi connectivity index (χ0n) is 18.3. The summed E-state index contributed by atoms with van der Waals surface area (Å²) in [7, 11) is 0. The van der Waals surface area contributed by atoms with Crippen LogP contribution in [0.3, 0.4) is 0 Å². The van der Waals surface area contributed by atoms with Crippen LogP contribution in [-0.4, -0.2) is 27.4 Å². The summed E-state index contributed by atoms with van der Waals surface area (Å²) in [5.74, 6) is -0.334. The first-order valence-electron chi connectivity index (χ1n) is 10.7. The summed E-state index contributed by atoms with van der Waals surface area (Å²) in [6, 6.07) is 23.8. The monoisotopic (exact) mass is 515 g/mol. The number of ketones is 1. The van der Waals surface area contributed by atoms with Crippen LogP contribution in [0.25, 0.3) is 21.3 Å². The molecule has 172 valence electrons. The second kappa shape index (κ2) is 10.4. The minimum absolute atomic E-state index is 0.123. The van der Waals surface area contributed by atoms with Crippen molar-refractivity contribution in [2.75, 3.05) is 11.1 Å². The minimum atomic E-state index is -0.248. The number of aromatic nitrogens is 2. The van der Waals surface area contributed by atoms with E-state index < -0.39 is 0 Å². The molecule has 2 heterocycles. The topological polar surface area (TPSA) is 72.0 Å². The van der Waals surface area contributed by atoms with Crippen molar-refractivity contribution in [1.29, 1.82) is 0 Å². The van der Waals surface area contributed by atoms with E-state index in [1.165, 1.54) is 18.1 Å². The van der Waals surface area contributed by atoms with Gasteiger partial charge < -0.3 is 5.32 Å². The Morgan fingerprint density at radius 2 is 1.69 bits per heavy atom. The third kappa shape index (κ3) is 5.12. The van der Waals surface area contributed by atoms with Crippen LogP contribution in [0.2, 0.25) is 5.02 Å². The van der Waals surface area contributed by atoms with Crippen LogP contribution < -0.4 is 5.32 Å². The Labute approximate surface area is 215 Å². The fourth-order valence-electron chi connectivity index (χ4n) is 3.67. The third-order valence-electron chi connectivity index (χ3n) is 5.30. The van der Waals surface area contributed by atoms with E-state index in [9.17, 15) is 9.59 Å². The molecule has 1 N–H and O–H groups in total. The maximum absolute atomic E-state index is 13.0. The lowest BCUT2D eigenvalue weighted by Gasteiger charge is -2.11. The van der Waals surface area contributed by atoms with Crippen molar-refractivity contribution >= 4 is 62.3 Å². The van der Waals surface area contributed by atoms with E-state index in [0.29, 0.717) is 21.8 Å². The molecule has 5 rings (SSSR count). The van der Waals surface area contributed by atoms with E-state index in [2.05, 4.69) is 20.7 Å². The first-order chi connectivity index (χ1) is 17.1.